The molecule has 3 heterocycles. The Hall–Kier alpha value is -2.29. The third-order valence-corrected chi connectivity index (χ3v) is 8.47. The predicted molar refractivity (Wildman–Crippen MR) is 131 cm³/mol. The van der Waals surface area contributed by atoms with Gasteiger partial charge in [0.25, 0.3) is 0 Å². The molecule has 0 aliphatic carbocycles. The van der Waals surface area contributed by atoms with E-state index in [4.69, 9.17) is 13.3 Å². The number of hydrogen-bond donors (Lipinski definition) is 3. The van der Waals surface area contributed by atoms with Gasteiger partial charge in [0.1, 0.15) is 0 Å². The molecular weight excluding hydrogens is 456 g/mol. The Morgan fingerprint density at radius 1 is 0.647 bits per heavy atom. The summed E-state index contributed by atoms with van der Waals surface area (Å²) in [4.78, 5) is 13.5. The molecule has 0 amide bonds. The number of aromatic nitrogens is 3. The van der Waals surface area contributed by atoms with Crippen LogP contribution in [0.1, 0.15) is 53.9 Å². The molecular formula is C20H38N10O3Si. The number of nitrogens with one attached hydrogen (secondary N) is 3. The van der Waals surface area contributed by atoms with Crippen LogP contribution in [0.15, 0.2) is 20.5 Å². The van der Waals surface area contributed by atoms with E-state index in [2.05, 4.69) is 51.4 Å². The second-order valence-corrected chi connectivity index (χ2v) is 11.2. The van der Waals surface area contributed by atoms with E-state index in [0.717, 1.165) is 19.3 Å². The van der Waals surface area contributed by atoms with Crippen molar-refractivity contribution in [2.75, 3.05) is 55.4 Å². The lowest BCUT2D eigenvalue weighted by atomic mass is 10.2. The van der Waals surface area contributed by atoms with Crippen molar-refractivity contribution in [1.82, 2.24) is 15.0 Å². The fraction of sp³-hybridized carbons (Fsp3) is 0.850. The van der Waals surface area contributed by atoms with E-state index < -0.39 is 8.80 Å². The van der Waals surface area contributed by atoms with Gasteiger partial charge in [-0.3, -0.25) is 0 Å². The van der Waals surface area contributed by atoms with Crippen molar-refractivity contribution < 1.29 is 13.3 Å². The van der Waals surface area contributed by atoms with Crippen molar-refractivity contribution in [2.45, 2.75) is 71.3 Å². The molecule has 0 bridgehead atoms. The van der Waals surface area contributed by atoms with Crippen LogP contribution in [0.5, 0.6) is 0 Å². The third-order valence-electron chi connectivity index (χ3n) is 5.32. The summed E-state index contributed by atoms with van der Waals surface area (Å²) in [6.45, 7) is 13.5. The molecule has 0 atom stereocenters. The monoisotopic (exact) mass is 494 g/mol. The fourth-order valence-corrected chi connectivity index (χ4v) is 5.92. The minimum Gasteiger partial charge on any atom is -0.374 e. The van der Waals surface area contributed by atoms with Crippen molar-refractivity contribution in [2.24, 2.45) is 20.5 Å². The van der Waals surface area contributed by atoms with Crippen molar-refractivity contribution >= 4 is 26.6 Å². The molecule has 1 aromatic rings. The molecule has 0 aromatic carbocycles. The van der Waals surface area contributed by atoms with E-state index in [1.807, 2.05) is 34.6 Å². The molecule has 190 valence electrons. The molecule has 0 saturated heterocycles. The van der Waals surface area contributed by atoms with Crippen LogP contribution in [0.25, 0.3) is 0 Å². The maximum absolute atomic E-state index is 5.93. The molecule has 1 aromatic heterocycles. The van der Waals surface area contributed by atoms with Gasteiger partial charge in [0, 0.05) is 58.3 Å². The van der Waals surface area contributed by atoms with E-state index in [1.54, 1.807) is 0 Å². The topological polar surface area (TPSA) is 152 Å². The fourth-order valence-electron chi connectivity index (χ4n) is 3.31. The number of nitrogens with zero attached hydrogens (tertiary/aromatic N) is 7. The third kappa shape index (κ3) is 8.49. The summed E-state index contributed by atoms with van der Waals surface area (Å²) in [7, 11) is -2.67. The molecule has 0 fully saturated rings. The highest BCUT2D eigenvalue weighted by Crippen LogP contribution is 2.31. The van der Waals surface area contributed by atoms with Gasteiger partial charge in [0.15, 0.2) is 11.3 Å². The SMILES string of the molecule is CCO[Si](CCCNc1nc(NCCC2(C)N=N2)nc(NCCC2(C)N=N2)n1)(OCC)OCC. The van der Waals surface area contributed by atoms with Gasteiger partial charge >= 0.3 is 8.80 Å². The van der Waals surface area contributed by atoms with Gasteiger partial charge in [-0.2, -0.15) is 35.4 Å². The first-order valence-corrected chi connectivity index (χ1v) is 14.0. The Labute approximate surface area is 202 Å². The zero-order valence-electron chi connectivity index (χ0n) is 20.9. The van der Waals surface area contributed by atoms with Crippen LogP contribution in [-0.4, -0.2) is 74.5 Å². The summed E-state index contributed by atoms with van der Waals surface area (Å²) in [5.74, 6) is 1.49. The number of anilines is 3. The van der Waals surface area contributed by atoms with Crippen molar-refractivity contribution in [3.8, 4) is 0 Å². The van der Waals surface area contributed by atoms with E-state index in [9.17, 15) is 0 Å². The zero-order chi connectivity index (χ0) is 24.5. The summed E-state index contributed by atoms with van der Waals surface area (Å²) in [5, 5.41) is 26.0. The van der Waals surface area contributed by atoms with Crippen molar-refractivity contribution in [3.63, 3.8) is 0 Å². The van der Waals surface area contributed by atoms with Crippen molar-refractivity contribution in [3.05, 3.63) is 0 Å². The van der Waals surface area contributed by atoms with Gasteiger partial charge in [-0.15, -0.1) is 0 Å². The first-order valence-electron chi connectivity index (χ1n) is 12.1. The predicted octanol–water partition coefficient (Wildman–Crippen LogP) is 3.69. The summed E-state index contributed by atoms with van der Waals surface area (Å²) < 4.78 is 17.8. The lowest BCUT2D eigenvalue weighted by Crippen LogP contribution is -2.46. The van der Waals surface area contributed by atoms with E-state index >= 15 is 0 Å². The second kappa shape index (κ2) is 11.9. The van der Waals surface area contributed by atoms with Gasteiger partial charge < -0.3 is 29.2 Å². The molecule has 0 saturated carbocycles. The Morgan fingerprint density at radius 2 is 1.03 bits per heavy atom. The van der Waals surface area contributed by atoms with Crippen LogP contribution >= 0.6 is 0 Å². The maximum Gasteiger partial charge on any atom is 0.500 e. The Kier molecular flexibility index (Phi) is 9.22. The molecule has 14 heteroatoms. The molecule has 0 unspecified atom stereocenters. The van der Waals surface area contributed by atoms with E-state index in [-0.39, 0.29) is 11.3 Å². The van der Waals surface area contributed by atoms with Gasteiger partial charge in [-0.05, 0) is 41.0 Å². The first kappa shape index (κ1) is 26.3. The van der Waals surface area contributed by atoms with Gasteiger partial charge in [0.05, 0.1) is 0 Å². The lowest BCUT2D eigenvalue weighted by Gasteiger charge is -2.28. The Morgan fingerprint density at radius 3 is 1.38 bits per heavy atom. The van der Waals surface area contributed by atoms with Crippen LogP contribution in [0.4, 0.5) is 17.8 Å². The van der Waals surface area contributed by atoms with Crippen LogP contribution in [0.3, 0.4) is 0 Å². The van der Waals surface area contributed by atoms with Crippen LogP contribution < -0.4 is 16.0 Å². The van der Waals surface area contributed by atoms with Crippen LogP contribution in [0.2, 0.25) is 6.04 Å². The quantitative estimate of drug-likeness (QED) is 0.193. The Balaban J connectivity index is 1.55. The van der Waals surface area contributed by atoms with Gasteiger partial charge in [0.2, 0.25) is 17.8 Å². The molecule has 3 N–H and O–H groups in total. The highest BCUT2D eigenvalue weighted by Gasteiger charge is 2.39. The van der Waals surface area contributed by atoms with Gasteiger partial charge in [-0.25, -0.2) is 0 Å². The summed E-state index contributed by atoms with van der Waals surface area (Å²) in [5.41, 5.74) is -0.542. The van der Waals surface area contributed by atoms with Crippen LogP contribution in [-0.2, 0) is 13.3 Å². The van der Waals surface area contributed by atoms with E-state index in [0.29, 0.717) is 63.3 Å². The zero-order valence-corrected chi connectivity index (χ0v) is 21.9. The highest BCUT2D eigenvalue weighted by molar-refractivity contribution is 6.60. The maximum atomic E-state index is 5.93. The van der Waals surface area contributed by atoms with Crippen LogP contribution in [0, 0.1) is 0 Å². The average Bonchev–Trinajstić information content (AvgIpc) is 3.71. The number of hydrogen-bond acceptors (Lipinski definition) is 13. The summed E-state index contributed by atoms with van der Waals surface area (Å²) >= 11 is 0. The largest absolute Gasteiger partial charge is 0.500 e. The minimum absolute atomic E-state index is 0.271. The normalized spacial score (nSPS) is 17.0. The molecule has 2 aliphatic rings. The smallest absolute Gasteiger partial charge is 0.374 e. The summed E-state index contributed by atoms with van der Waals surface area (Å²) in [6.07, 6.45) is 2.36. The molecule has 2 aliphatic heterocycles. The average molecular weight is 495 g/mol. The standard InChI is InChI=1S/C20H38N10O3Si/c1-6-31-34(32-7-2,33-8-3)15-9-12-21-16-24-17(22-13-10-19(4)27-28-19)26-18(25-16)23-14-11-20(5)29-30-20/h6-15H2,1-5H3,(H3,21,22,23,24,25,26). The van der Waals surface area contributed by atoms with Gasteiger partial charge in [-0.1, -0.05) is 0 Å². The highest BCUT2D eigenvalue weighted by atomic mass is 28.4. The minimum atomic E-state index is -2.67. The number of rotatable bonds is 19. The summed E-state index contributed by atoms with van der Waals surface area (Å²) in [6, 6.07) is 0.716. The molecule has 34 heavy (non-hydrogen) atoms. The van der Waals surface area contributed by atoms with E-state index in [1.165, 1.54) is 0 Å². The molecule has 0 spiro atoms. The first-order chi connectivity index (χ1) is 16.3. The molecule has 3 rings (SSSR count). The Bertz CT molecular complexity index is 779. The molecule has 0 radical (unpaired) electrons. The van der Waals surface area contributed by atoms with Crippen molar-refractivity contribution in [1.29, 1.82) is 0 Å². The second-order valence-electron chi connectivity index (χ2n) is 8.51. The lowest BCUT2D eigenvalue weighted by molar-refractivity contribution is 0.0710. The molecule has 13 nitrogen and oxygen atoms in total.